The second-order valence-electron chi connectivity index (χ2n) is 14.2. The number of rotatable bonds is 12. The van der Waals surface area contributed by atoms with Crippen LogP contribution in [-0.4, -0.2) is 26.6 Å². The largest absolute Gasteiger partial charge is 0.407 e. The van der Waals surface area contributed by atoms with E-state index in [9.17, 15) is 0 Å². The molecule has 0 unspecified atom stereocenters. The molecule has 1 aliphatic heterocycles. The molecular formula is C37H52O2Si. The van der Waals surface area contributed by atoms with Gasteiger partial charge in [-0.3, -0.25) is 0 Å². The molecule has 0 saturated carbocycles. The lowest BCUT2D eigenvalue weighted by Crippen LogP contribution is -2.66. The first-order valence-electron chi connectivity index (χ1n) is 15.3. The smallest absolute Gasteiger partial charge is 0.261 e. The number of allylic oxidation sites excluding steroid dienone is 6. The summed E-state index contributed by atoms with van der Waals surface area (Å²) in [6, 6.07) is 22.0. The third kappa shape index (κ3) is 6.48. The van der Waals surface area contributed by atoms with Crippen LogP contribution in [0.5, 0.6) is 0 Å². The summed E-state index contributed by atoms with van der Waals surface area (Å²) in [6.07, 6.45) is 17.7. The van der Waals surface area contributed by atoms with Gasteiger partial charge in [-0.25, -0.2) is 0 Å². The summed E-state index contributed by atoms with van der Waals surface area (Å²) in [5.74, 6) is 0. The third-order valence-electron chi connectivity index (χ3n) is 9.82. The molecule has 1 aliphatic carbocycles. The fourth-order valence-corrected chi connectivity index (χ4v) is 11.2. The van der Waals surface area contributed by atoms with Crippen LogP contribution < -0.4 is 10.4 Å². The Balaban J connectivity index is 1.48. The molecule has 1 fully saturated rings. The monoisotopic (exact) mass is 556 g/mol. The van der Waals surface area contributed by atoms with Crippen LogP contribution in [0.2, 0.25) is 5.04 Å². The zero-order valence-electron chi connectivity index (χ0n) is 26.3. The van der Waals surface area contributed by atoms with E-state index in [-0.39, 0.29) is 21.5 Å². The second-order valence-corrected chi connectivity index (χ2v) is 18.5. The molecule has 3 atom stereocenters. The average molecular weight is 557 g/mol. The van der Waals surface area contributed by atoms with Crippen LogP contribution in [-0.2, 0) is 9.16 Å². The van der Waals surface area contributed by atoms with E-state index in [1.807, 2.05) is 0 Å². The van der Waals surface area contributed by atoms with Crippen molar-refractivity contribution in [1.29, 1.82) is 0 Å². The topological polar surface area (TPSA) is 21.8 Å². The summed E-state index contributed by atoms with van der Waals surface area (Å²) in [4.78, 5) is 0. The minimum Gasteiger partial charge on any atom is -0.407 e. The van der Waals surface area contributed by atoms with E-state index in [0.29, 0.717) is 6.10 Å². The third-order valence-corrected chi connectivity index (χ3v) is 14.9. The van der Waals surface area contributed by atoms with Crippen molar-refractivity contribution < 1.29 is 9.16 Å². The first-order chi connectivity index (χ1) is 18.8. The van der Waals surface area contributed by atoms with Crippen LogP contribution >= 0.6 is 0 Å². The Kier molecular flexibility index (Phi) is 9.19. The average Bonchev–Trinajstić information content (AvgIpc) is 3.54. The van der Waals surface area contributed by atoms with Crippen LogP contribution in [0.1, 0.15) is 87.5 Å². The molecule has 0 N–H and O–H groups in total. The van der Waals surface area contributed by atoms with Crippen molar-refractivity contribution in [1.82, 2.24) is 0 Å². The molecule has 0 aromatic heterocycles. The van der Waals surface area contributed by atoms with Crippen LogP contribution in [0.3, 0.4) is 0 Å². The second kappa shape index (κ2) is 12.0. The van der Waals surface area contributed by atoms with Gasteiger partial charge >= 0.3 is 0 Å². The molecule has 3 heteroatoms. The van der Waals surface area contributed by atoms with Crippen molar-refractivity contribution in [3.8, 4) is 0 Å². The Labute approximate surface area is 245 Å². The van der Waals surface area contributed by atoms with Crippen LogP contribution in [0, 0.1) is 10.8 Å². The van der Waals surface area contributed by atoms with Crippen molar-refractivity contribution in [3.05, 3.63) is 96.6 Å². The summed E-state index contributed by atoms with van der Waals surface area (Å²) in [5, 5.41) is 2.69. The molecule has 0 amide bonds. The molecule has 2 nitrogen and oxygen atoms in total. The van der Waals surface area contributed by atoms with Gasteiger partial charge < -0.3 is 9.16 Å². The molecule has 40 heavy (non-hydrogen) atoms. The number of ether oxygens (including phenoxy) is 1. The van der Waals surface area contributed by atoms with Gasteiger partial charge in [0, 0.05) is 6.61 Å². The van der Waals surface area contributed by atoms with Gasteiger partial charge in [-0.2, -0.15) is 0 Å². The summed E-state index contributed by atoms with van der Waals surface area (Å²) in [7, 11) is -2.54. The molecule has 0 spiro atoms. The van der Waals surface area contributed by atoms with Gasteiger partial charge in [0.25, 0.3) is 8.32 Å². The van der Waals surface area contributed by atoms with Crippen LogP contribution in [0.4, 0.5) is 0 Å². The van der Waals surface area contributed by atoms with E-state index in [1.165, 1.54) is 15.9 Å². The normalized spacial score (nSPS) is 26.2. The molecule has 1 heterocycles. The molecule has 2 aromatic carbocycles. The first-order valence-corrected chi connectivity index (χ1v) is 17.2. The maximum absolute atomic E-state index is 7.30. The van der Waals surface area contributed by atoms with E-state index < -0.39 is 8.32 Å². The van der Waals surface area contributed by atoms with Crippen molar-refractivity contribution >= 4 is 18.7 Å². The van der Waals surface area contributed by atoms with E-state index in [2.05, 4.69) is 146 Å². The highest BCUT2D eigenvalue weighted by atomic mass is 28.4. The maximum Gasteiger partial charge on any atom is 0.261 e. The maximum atomic E-state index is 7.30. The fraction of sp³-hybridized carbons (Fsp3) is 0.514. The molecule has 2 aliphatic rings. The molecule has 216 valence electrons. The molecule has 0 bridgehead atoms. The van der Waals surface area contributed by atoms with Crippen molar-refractivity contribution in [2.45, 2.75) is 104 Å². The zero-order chi connectivity index (χ0) is 29.1. The van der Waals surface area contributed by atoms with Gasteiger partial charge in [-0.1, -0.05) is 131 Å². The molecular weight excluding hydrogens is 504 g/mol. The lowest BCUT2D eigenvalue weighted by atomic mass is 9.60. The van der Waals surface area contributed by atoms with Crippen molar-refractivity contribution in [2.24, 2.45) is 10.8 Å². The van der Waals surface area contributed by atoms with E-state index >= 15 is 0 Å². The number of epoxide rings is 1. The van der Waals surface area contributed by atoms with Gasteiger partial charge in [-0.15, -0.1) is 0 Å². The Morgan fingerprint density at radius 2 is 1.35 bits per heavy atom. The summed E-state index contributed by atoms with van der Waals surface area (Å²) in [6.45, 7) is 19.4. The van der Waals surface area contributed by atoms with E-state index in [0.717, 1.165) is 38.7 Å². The molecule has 1 saturated heterocycles. The predicted molar refractivity (Wildman–Crippen MR) is 174 cm³/mol. The standard InChI is InChI=1S/C37H52O2Si/c1-30(23-24-33-35(5,6)39-33)18-17-27-36(7)25-15-16-26-37(36,8)28-29-38-40(34(2,3)4,31-19-11-9-12-20-31)32-21-13-10-14-22-32/h9-16,18-22,25-26,33H,17,23-24,27-29H2,1-8H3/b30-18+/t33-,36+,37+/m0/s1. The van der Waals surface area contributed by atoms with Gasteiger partial charge in [0.1, 0.15) is 0 Å². The lowest BCUT2D eigenvalue weighted by molar-refractivity contribution is 0.122. The quantitative estimate of drug-likeness (QED) is 0.148. The fourth-order valence-electron chi connectivity index (χ4n) is 6.65. The summed E-state index contributed by atoms with van der Waals surface area (Å²) < 4.78 is 13.1. The van der Waals surface area contributed by atoms with E-state index in [1.54, 1.807) is 0 Å². The highest BCUT2D eigenvalue weighted by Gasteiger charge is 2.51. The zero-order valence-corrected chi connectivity index (χ0v) is 27.3. The minimum absolute atomic E-state index is 0.00867. The Hall–Kier alpha value is -2.20. The Morgan fingerprint density at radius 3 is 1.82 bits per heavy atom. The van der Waals surface area contributed by atoms with Gasteiger partial charge in [0.05, 0.1) is 11.7 Å². The van der Waals surface area contributed by atoms with Crippen LogP contribution in [0.25, 0.3) is 0 Å². The first kappa shape index (κ1) is 30.7. The summed E-state index contributed by atoms with van der Waals surface area (Å²) >= 11 is 0. The number of benzene rings is 2. The van der Waals surface area contributed by atoms with Crippen molar-refractivity contribution in [3.63, 3.8) is 0 Å². The molecule has 4 rings (SSSR count). The summed E-state index contributed by atoms with van der Waals surface area (Å²) in [5.41, 5.74) is 1.68. The van der Waals surface area contributed by atoms with Gasteiger partial charge in [-0.05, 0) is 79.1 Å². The Bertz CT molecular complexity index is 1160. The Morgan fingerprint density at radius 1 is 0.850 bits per heavy atom. The van der Waals surface area contributed by atoms with Crippen LogP contribution in [0.15, 0.2) is 96.6 Å². The highest BCUT2D eigenvalue weighted by molar-refractivity contribution is 6.99. The van der Waals surface area contributed by atoms with Gasteiger partial charge in [0.15, 0.2) is 0 Å². The predicted octanol–water partition coefficient (Wildman–Crippen LogP) is 8.78. The SMILES string of the molecule is C/C(=C\CC[C@@]1(C)C=CC=C[C@]1(C)CCO[Si](c1ccccc1)(c1ccccc1)C(C)(C)C)CC[C@@H]1OC1(C)C. The van der Waals surface area contributed by atoms with E-state index in [4.69, 9.17) is 9.16 Å². The number of hydrogen-bond acceptors (Lipinski definition) is 2. The minimum atomic E-state index is -2.54. The number of hydrogen-bond donors (Lipinski definition) is 0. The highest BCUT2D eigenvalue weighted by Crippen LogP contribution is 2.50. The molecule has 2 aromatic rings. The van der Waals surface area contributed by atoms with Crippen molar-refractivity contribution in [2.75, 3.05) is 6.61 Å². The lowest BCUT2D eigenvalue weighted by Gasteiger charge is -2.47. The molecule has 0 radical (unpaired) electrons. The van der Waals surface area contributed by atoms with Gasteiger partial charge in [0.2, 0.25) is 0 Å².